The van der Waals surface area contributed by atoms with Crippen molar-refractivity contribution in [2.75, 3.05) is 19.4 Å². The lowest BCUT2D eigenvalue weighted by Gasteiger charge is -2.06. The fraction of sp³-hybridized carbons (Fsp3) is 0.333. The van der Waals surface area contributed by atoms with E-state index in [1.807, 2.05) is 14.1 Å². The Balaban J connectivity index is 2.05. The molecule has 1 aromatic rings. The summed E-state index contributed by atoms with van der Waals surface area (Å²) in [5, 5.41) is 2.84. The Bertz CT molecular complexity index is 517. The molecule has 4 heteroatoms. The Morgan fingerprint density at radius 3 is 2.68 bits per heavy atom. The van der Waals surface area contributed by atoms with E-state index in [0.29, 0.717) is 11.3 Å². The van der Waals surface area contributed by atoms with Crippen LogP contribution in [0.2, 0.25) is 0 Å². The van der Waals surface area contributed by atoms with Gasteiger partial charge in [0.05, 0.1) is 0 Å². The predicted molar refractivity (Wildman–Crippen MR) is 75.0 cm³/mol. The highest BCUT2D eigenvalue weighted by atomic mass is 16.2. The van der Waals surface area contributed by atoms with E-state index in [1.54, 1.807) is 35.4 Å². The van der Waals surface area contributed by atoms with Gasteiger partial charge in [0.15, 0.2) is 5.78 Å². The minimum absolute atomic E-state index is 0.0495. The second-order valence-electron chi connectivity index (χ2n) is 4.99. The molecule has 0 saturated heterocycles. The zero-order chi connectivity index (χ0) is 13.8. The molecule has 0 aliphatic heterocycles. The van der Waals surface area contributed by atoms with E-state index >= 15 is 0 Å². The van der Waals surface area contributed by atoms with Crippen LogP contribution in [0.1, 0.15) is 23.2 Å². The molecule has 1 fully saturated rings. The first kappa shape index (κ1) is 13.3. The molecule has 0 unspecified atom stereocenters. The van der Waals surface area contributed by atoms with Crippen molar-refractivity contribution in [3.8, 4) is 0 Å². The molecule has 1 aliphatic carbocycles. The van der Waals surface area contributed by atoms with Gasteiger partial charge in [-0.1, -0.05) is 12.1 Å². The first-order valence-electron chi connectivity index (χ1n) is 6.36. The maximum absolute atomic E-state index is 11.9. The van der Waals surface area contributed by atoms with Crippen LogP contribution in [0.25, 0.3) is 0 Å². The number of anilines is 1. The summed E-state index contributed by atoms with van der Waals surface area (Å²) in [5.74, 6) is 0.137. The number of nitrogens with one attached hydrogen (secondary N) is 1. The molecule has 1 saturated carbocycles. The molecule has 0 heterocycles. The molecule has 4 nitrogen and oxygen atoms in total. The van der Waals surface area contributed by atoms with Crippen LogP contribution in [0.4, 0.5) is 5.69 Å². The van der Waals surface area contributed by atoms with E-state index in [1.165, 1.54) is 6.08 Å². The molecular formula is C15H18N2O2. The number of carbonyl (C=O) groups excluding carboxylic acids is 2. The summed E-state index contributed by atoms with van der Waals surface area (Å²) in [7, 11) is 3.71. The third-order valence-corrected chi connectivity index (χ3v) is 2.89. The van der Waals surface area contributed by atoms with Gasteiger partial charge >= 0.3 is 0 Å². The van der Waals surface area contributed by atoms with Gasteiger partial charge < -0.3 is 10.2 Å². The Kier molecular flexibility index (Phi) is 4.00. The average Bonchev–Trinajstić information content (AvgIpc) is 3.20. The lowest BCUT2D eigenvalue weighted by molar-refractivity contribution is -0.117. The van der Waals surface area contributed by atoms with Crippen molar-refractivity contribution in [3.63, 3.8) is 0 Å². The first-order valence-corrected chi connectivity index (χ1v) is 6.36. The highest BCUT2D eigenvalue weighted by Crippen LogP contribution is 2.30. The van der Waals surface area contributed by atoms with Crippen molar-refractivity contribution in [3.05, 3.63) is 42.1 Å². The SMILES string of the molecule is CN(C)C=CC(=O)c1cccc(NC(=O)C2CC2)c1. The molecule has 1 aromatic carbocycles. The van der Waals surface area contributed by atoms with Crippen molar-refractivity contribution in [2.24, 2.45) is 5.92 Å². The number of rotatable bonds is 5. The topological polar surface area (TPSA) is 49.4 Å². The molecule has 100 valence electrons. The maximum Gasteiger partial charge on any atom is 0.227 e. The van der Waals surface area contributed by atoms with Gasteiger partial charge in [0, 0.05) is 43.5 Å². The molecule has 19 heavy (non-hydrogen) atoms. The zero-order valence-electron chi connectivity index (χ0n) is 11.2. The van der Waals surface area contributed by atoms with Crippen molar-refractivity contribution < 1.29 is 9.59 Å². The Morgan fingerprint density at radius 2 is 2.05 bits per heavy atom. The van der Waals surface area contributed by atoms with Crippen LogP contribution in [0, 0.1) is 5.92 Å². The Morgan fingerprint density at radius 1 is 1.32 bits per heavy atom. The predicted octanol–water partition coefficient (Wildman–Crippen LogP) is 2.29. The van der Waals surface area contributed by atoms with Crippen LogP contribution in [-0.4, -0.2) is 30.7 Å². The molecule has 0 atom stereocenters. The van der Waals surface area contributed by atoms with E-state index in [4.69, 9.17) is 0 Å². The van der Waals surface area contributed by atoms with Gasteiger partial charge in [-0.25, -0.2) is 0 Å². The Labute approximate surface area is 113 Å². The highest BCUT2D eigenvalue weighted by molar-refractivity contribution is 6.05. The van der Waals surface area contributed by atoms with E-state index < -0.39 is 0 Å². The number of hydrogen-bond donors (Lipinski definition) is 1. The Hall–Kier alpha value is -2.10. The van der Waals surface area contributed by atoms with E-state index in [0.717, 1.165) is 12.8 Å². The standard InChI is InChI=1S/C15H18N2O2/c1-17(2)9-8-14(18)12-4-3-5-13(10-12)16-15(19)11-6-7-11/h3-5,8-11H,6-7H2,1-2H3,(H,16,19). The lowest BCUT2D eigenvalue weighted by atomic mass is 10.1. The van der Waals surface area contributed by atoms with Gasteiger partial charge in [0.2, 0.25) is 5.91 Å². The first-order chi connectivity index (χ1) is 9.06. The van der Waals surface area contributed by atoms with Crippen LogP contribution in [0.5, 0.6) is 0 Å². The summed E-state index contributed by atoms with van der Waals surface area (Å²) in [5.41, 5.74) is 1.26. The minimum Gasteiger partial charge on any atom is -0.383 e. The normalized spacial score (nSPS) is 14.4. The molecule has 0 spiro atoms. The second kappa shape index (κ2) is 5.69. The second-order valence-corrected chi connectivity index (χ2v) is 4.99. The monoisotopic (exact) mass is 258 g/mol. The van der Waals surface area contributed by atoms with E-state index in [9.17, 15) is 9.59 Å². The van der Waals surface area contributed by atoms with Crippen molar-refractivity contribution in [1.29, 1.82) is 0 Å². The van der Waals surface area contributed by atoms with Crippen molar-refractivity contribution in [2.45, 2.75) is 12.8 Å². The van der Waals surface area contributed by atoms with E-state index in [2.05, 4.69) is 5.32 Å². The smallest absolute Gasteiger partial charge is 0.227 e. The lowest BCUT2D eigenvalue weighted by Crippen LogP contribution is -2.13. The maximum atomic E-state index is 11.9. The molecule has 1 amide bonds. The molecule has 1 N–H and O–H groups in total. The van der Waals surface area contributed by atoms with Gasteiger partial charge in [-0.2, -0.15) is 0 Å². The number of carbonyl (C=O) groups is 2. The summed E-state index contributed by atoms with van der Waals surface area (Å²) in [6, 6.07) is 7.03. The number of amides is 1. The average molecular weight is 258 g/mol. The highest BCUT2D eigenvalue weighted by Gasteiger charge is 2.29. The largest absolute Gasteiger partial charge is 0.383 e. The molecule has 0 radical (unpaired) electrons. The number of ketones is 1. The van der Waals surface area contributed by atoms with Gasteiger partial charge in [0.25, 0.3) is 0 Å². The summed E-state index contributed by atoms with van der Waals surface area (Å²) >= 11 is 0. The van der Waals surface area contributed by atoms with Gasteiger partial charge in [-0.15, -0.1) is 0 Å². The van der Waals surface area contributed by atoms with Gasteiger partial charge in [0.1, 0.15) is 0 Å². The van der Waals surface area contributed by atoms with Crippen LogP contribution < -0.4 is 5.32 Å². The van der Waals surface area contributed by atoms with Crippen LogP contribution >= 0.6 is 0 Å². The third-order valence-electron chi connectivity index (χ3n) is 2.89. The quantitative estimate of drug-likeness (QED) is 0.651. The molecule has 1 aliphatic rings. The van der Waals surface area contributed by atoms with Crippen molar-refractivity contribution in [1.82, 2.24) is 4.90 Å². The summed E-state index contributed by atoms with van der Waals surface area (Å²) < 4.78 is 0. The fourth-order valence-corrected chi connectivity index (χ4v) is 1.65. The summed E-state index contributed by atoms with van der Waals surface area (Å²) in [6.07, 6.45) is 5.16. The number of nitrogens with zero attached hydrogens (tertiary/aromatic N) is 1. The number of benzene rings is 1. The summed E-state index contributed by atoms with van der Waals surface area (Å²) in [6.45, 7) is 0. The van der Waals surface area contributed by atoms with Crippen LogP contribution in [0.15, 0.2) is 36.5 Å². The molecule has 0 aromatic heterocycles. The summed E-state index contributed by atoms with van der Waals surface area (Å²) in [4.78, 5) is 25.4. The fourth-order valence-electron chi connectivity index (χ4n) is 1.65. The van der Waals surface area contributed by atoms with Crippen LogP contribution in [0.3, 0.4) is 0 Å². The number of hydrogen-bond acceptors (Lipinski definition) is 3. The third kappa shape index (κ3) is 3.95. The van der Waals surface area contributed by atoms with Crippen molar-refractivity contribution >= 4 is 17.4 Å². The molecular weight excluding hydrogens is 240 g/mol. The number of allylic oxidation sites excluding steroid dienone is 1. The van der Waals surface area contributed by atoms with Gasteiger partial charge in [-0.05, 0) is 25.0 Å². The van der Waals surface area contributed by atoms with Gasteiger partial charge in [-0.3, -0.25) is 9.59 Å². The molecule has 0 bridgehead atoms. The molecule has 2 rings (SSSR count). The minimum atomic E-state index is -0.0729. The zero-order valence-corrected chi connectivity index (χ0v) is 11.2. The van der Waals surface area contributed by atoms with Crippen LogP contribution in [-0.2, 0) is 4.79 Å². The van der Waals surface area contributed by atoms with E-state index in [-0.39, 0.29) is 17.6 Å².